The van der Waals surface area contributed by atoms with Gasteiger partial charge in [0.2, 0.25) is 10.0 Å². The summed E-state index contributed by atoms with van der Waals surface area (Å²) < 4.78 is 23.3. The number of pyridine rings is 1. The number of hydrogen-bond donors (Lipinski definition) is 2. The van der Waals surface area contributed by atoms with Crippen molar-refractivity contribution >= 4 is 53.5 Å². The van der Waals surface area contributed by atoms with Gasteiger partial charge >= 0.3 is 0 Å². The smallest absolute Gasteiger partial charge is 0.258 e. The average Bonchev–Trinajstić information content (AvgIpc) is 2.40. The molecule has 0 unspecified atom stereocenters. The lowest BCUT2D eigenvalue weighted by Gasteiger charge is -2.09. The zero-order valence-electron chi connectivity index (χ0n) is 10.4. The molecule has 2 rings (SSSR count). The van der Waals surface area contributed by atoms with E-state index >= 15 is 0 Å². The molecule has 110 valence electrons. The number of nitrogens with two attached hydrogens (primary N) is 1. The molecule has 0 spiro atoms. The number of hydrogen-bond acceptors (Lipinski definition) is 4. The minimum Gasteiger partial charge on any atom is -0.321 e. The van der Waals surface area contributed by atoms with Crippen LogP contribution in [0.3, 0.4) is 0 Å². The molecule has 0 aliphatic rings. The van der Waals surface area contributed by atoms with Crippen molar-refractivity contribution in [1.82, 2.24) is 4.98 Å². The van der Waals surface area contributed by atoms with Crippen molar-refractivity contribution in [1.29, 1.82) is 0 Å². The van der Waals surface area contributed by atoms with E-state index in [1.807, 2.05) is 0 Å². The SMILES string of the molecule is NS(=O)(=O)c1ccc(NC(=O)c2cccnc2Br)c(Br)c1. The molecule has 1 aromatic carbocycles. The van der Waals surface area contributed by atoms with Crippen molar-refractivity contribution in [2.24, 2.45) is 5.14 Å². The Morgan fingerprint density at radius 2 is 1.95 bits per heavy atom. The highest BCUT2D eigenvalue weighted by Crippen LogP contribution is 2.26. The fourth-order valence-corrected chi connectivity index (χ4v) is 3.12. The van der Waals surface area contributed by atoms with E-state index in [0.29, 0.717) is 20.3 Å². The van der Waals surface area contributed by atoms with Gasteiger partial charge in [-0.25, -0.2) is 18.5 Å². The first-order valence-electron chi connectivity index (χ1n) is 5.53. The highest BCUT2D eigenvalue weighted by molar-refractivity contribution is 9.10. The summed E-state index contributed by atoms with van der Waals surface area (Å²) in [4.78, 5) is 16.0. The third kappa shape index (κ3) is 3.88. The lowest BCUT2D eigenvalue weighted by Crippen LogP contribution is -2.15. The van der Waals surface area contributed by atoms with Gasteiger partial charge in [0.1, 0.15) is 4.60 Å². The van der Waals surface area contributed by atoms with Crippen LogP contribution in [-0.4, -0.2) is 19.3 Å². The van der Waals surface area contributed by atoms with Crippen LogP contribution in [0.5, 0.6) is 0 Å². The largest absolute Gasteiger partial charge is 0.321 e. The second-order valence-corrected chi connectivity index (χ2v) is 7.15. The van der Waals surface area contributed by atoms with Gasteiger partial charge < -0.3 is 5.32 Å². The first-order valence-corrected chi connectivity index (χ1v) is 8.66. The van der Waals surface area contributed by atoms with Crippen LogP contribution in [0.1, 0.15) is 10.4 Å². The Labute approximate surface area is 138 Å². The van der Waals surface area contributed by atoms with E-state index in [2.05, 4.69) is 42.2 Å². The molecule has 21 heavy (non-hydrogen) atoms. The zero-order chi connectivity index (χ0) is 15.6. The van der Waals surface area contributed by atoms with E-state index in [1.165, 1.54) is 18.2 Å². The number of amides is 1. The maximum Gasteiger partial charge on any atom is 0.258 e. The molecule has 6 nitrogen and oxygen atoms in total. The van der Waals surface area contributed by atoms with Crippen LogP contribution in [0, 0.1) is 0 Å². The van der Waals surface area contributed by atoms with Crippen LogP contribution in [-0.2, 0) is 10.0 Å². The maximum absolute atomic E-state index is 12.1. The fraction of sp³-hybridized carbons (Fsp3) is 0. The minimum absolute atomic E-state index is 0.0464. The normalized spacial score (nSPS) is 11.2. The summed E-state index contributed by atoms with van der Waals surface area (Å²) in [5.41, 5.74) is 0.781. The Kier molecular flexibility index (Phi) is 4.77. The van der Waals surface area contributed by atoms with Gasteiger partial charge in [-0.15, -0.1) is 0 Å². The summed E-state index contributed by atoms with van der Waals surface area (Å²) in [5, 5.41) is 7.69. The molecule has 1 amide bonds. The predicted molar refractivity (Wildman–Crippen MR) is 85.4 cm³/mol. The molecule has 0 saturated heterocycles. The molecule has 0 aliphatic heterocycles. The number of nitrogens with zero attached hydrogens (tertiary/aromatic N) is 1. The van der Waals surface area contributed by atoms with Crippen LogP contribution in [0.15, 0.2) is 50.5 Å². The second-order valence-electron chi connectivity index (χ2n) is 3.98. The number of primary sulfonamides is 1. The molecular formula is C12H9Br2N3O3S. The number of anilines is 1. The second kappa shape index (κ2) is 6.22. The maximum atomic E-state index is 12.1. The van der Waals surface area contributed by atoms with E-state index in [0.717, 1.165) is 0 Å². The van der Waals surface area contributed by atoms with Gasteiger partial charge in [-0.3, -0.25) is 4.79 Å². The average molecular weight is 435 g/mol. The molecule has 1 heterocycles. The standard InChI is InChI=1S/C12H9Br2N3O3S/c13-9-6-7(21(15,19)20)3-4-10(9)17-12(18)8-2-1-5-16-11(8)14/h1-6H,(H,17,18)(H2,15,19,20). The molecular weight excluding hydrogens is 426 g/mol. The number of aromatic nitrogens is 1. The van der Waals surface area contributed by atoms with Gasteiger partial charge in [0, 0.05) is 10.7 Å². The van der Waals surface area contributed by atoms with Crippen molar-refractivity contribution in [3.63, 3.8) is 0 Å². The van der Waals surface area contributed by atoms with Gasteiger partial charge in [0.15, 0.2) is 0 Å². The molecule has 0 radical (unpaired) electrons. The summed E-state index contributed by atoms with van der Waals surface area (Å²) in [7, 11) is -3.79. The highest BCUT2D eigenvalue weighted by Gasteiger charge is 2.14. The molecule has 0 atom stereocenters. The van der Waals surface area contributed by atoms with Crippen molar-refractivity contribution in [3.8, 4) is 0 Å². The number of rotatable bonds is 3. The van der Waals surface area contributed by atoms with E-state index in [9.17, 15) is 13.2 Å². The van der Waals surface area contributed by atoms with Gasteiger partial charge in [-0.1, -0.05) is 0 Å². The summed E-state index contributed by atoms with van der Waals surface area (Å²) >= 11 is 6.38. The Balaban J connectivity index is 2.29. The molecule has 1 aromatic heterocycles. The van der Waals surface area contributed by atoms with Gasteiger partial charge in [0.25, 0.3) is 5.91 Å². The molecule has 3 N–H and O–H groups in total. The number of benzene rings is 1. The predicted octanol–water partition coefficient (Wildman–Crippen LogP) is 2.51. The van der Waals surface area contributed by atoms with E-state index in [4.69, 9.17) is 5.14 Å². The van der Waals surface area contributed by atoms with Gasteiger partial charge in [0.05, 0.1) is 16.1 Å². The Morgan fingerprint density at radius 3 is 2.52 bits per heavy atom. The van der Waals surface area contributed by atoms with E-state index in [-0.39, 0.29) is 10.8 Å². The van der Waals surface area contributed by atoms with Crippen LogP contribution in [0.4, 0.5) is 5.69 Å². The summed E-state index contributed by atoms with van der Waals surface area (Å²) in [6.07, 6.45) is 1.55. The first kappa shape index (κ1) is 16.1. The van der Waals surface area contributed by atoms with Crippen LogP contribution >= 0.6 is 31.9 Å². The summed E-state index contributed by atoms with van der Waals surface area (Å²) in [6, 6.07) is 7.33. The van der Waals surface area contributed by atoms with Crippen LogP contribution in [0.25, 0.3) is 0 Å². The van der Waals surface area contributed by atoms with Crippen molar-refractivity contribution in [2.45, 2.75) is 4.90 Å². The fourth-order valence-electron chi connectivity index (χ4n) is 1.52. The van der Waals surface area contributed by atoms with Crippen molar-refractivity contribution < 1.29 is 13.2 Å². The molecule has 0 bridgehead atoms. The topological polar surface area (TPSA) is 102 Å². The van der Waals surface area contributed by atoms with Crippen LogP contribution in [0.2, 0.25) is 0 Å². The van der Waals surface area contributed by atoms with Crippen molar-refractivity contribution in [3.05, 3.63) is 51.2 Å². The highest BCUT2D eigenvalue weighted by atomic mass is 79.9. The van der Waals surface area contributed by atoms with Crippen LogP contribution < -0.4 is 10.5 Å². The quantitative estimate of drug-likeness (QED) is 0.724. The summed E-state index contributed by atoms with van der Waals surface area (Å²) in [5.74, 6) is -0.376. The Hall–Kier alpha value is -1.29. The zero-order valence-corrected chi connectivity index (χ0v) is 14.4. The molecule has 0 saturated carbocycles. The first-order chi connectivity index (χ1) is 9.79. The van der Waals surface area contributed by atoms with E-state index < -0.39 is 10.0 Å². The number of sulfonamides is 1. The third-order valence-corrected chi connectivity index (χ3v) is 4.72. The summed E-state index contributed by atoms with van der Waals surface area (Å²) in [6.45, 7) is 0. The molecule has 0 aliphatic carbocycles. The number of carbonyl (C=O) groups is 1. The third-order valence-electron chi connectivity index (χ3n) is 2.52. The molecule has 0 fully saturated rings. The Morgan fingerprint density at radius 1 is 1.24 bits per heavy atom. The number of carbonyl (C=O) groups excluding carboxylic acids is 1. The molecule has 9 heteroatoms. The number of halogens is 2. The lowest BCUT2D eigenvalue weighted by molar-refractivity contribution is 0.102. The monoisotopic (exact) mass is 433 g/mol. The minimum atomic E-state index is -3.79. The van der Waals surface area contributed by atoms with Crippen molar-refractivity contribution in [2.75, 3.05) is 5.32 Å². The molecule has 2 aromatic rings. The lowest BCUT2D eigenvalue weighted by atomic mass is 10.2. The Bertz CT molecular complexity index is 809. The number of nitrogens with one attached hydrogen (secondary N) is 1. The van der Waals surface area contributed by atoms with Gasteiger partial charge in [-0.2, -0.15) is 0 Å². The van der Waals surface area contributed by atoms with Gasteiger partial charge in [-0.05, 0) is 62.2 Å². The van der Waals surface area contributed by atoms with E-state index in [1.54, 1.807) is 18.3 Å².